The van der Waals surface area contributed by atoms with Crippen LogP contribution in [0.4, 0.5) is 5.82 Å². The van der Waals surface area contributed by atoms with Crippen molar-refractivity contribution in [2.24, 2.45) is 4.99 Å². The van der Waals surface area contributed by atoms with E-state index in [-0.39, 0.29) is 29.9 Å². The Kier molecular flexibility index (Phi) is 14.7. The summed E-state index contributed by atoms with van der Waals surface area (Å²) < 4.78 is 0. The van der Waals surface area contributed by atoms with Crippen LogP contribution in [0.15, 0.2) is 23.3 Å². The smallest absolute Gasteiger partial charge is 0.227 e. The average molecular weight is 504 g/mol. The molecule has 8 heteroatoms. The van der Waals surface area contributed by atoms with Gasteiger partial charge in [0.15, 0.2) is 5.96 Å². The minimum absolute atomic E-state index is 0. The lowest BCUT2D eigenvalue weighted by molar-refractivity contribution is -0.116. The highest BCUT2D eigenvalue weighted by molar-refractivity contribution is 14.0. The van der Waals surface area contributed by atoms with E-state index in [0.29, 0.717) is 24.8 Å². The molecule has 0 spiro atoms. The molecule has 1 aromatic heterocycles. The van der Waals surface area contributed by atoms with Crippen LogP contribution in [0.2, 0.25) is 0 Å². The lowest BCUT2D eigenvalue weighted by Crippen LogP contribution is -2.43. The van der Waals surface area contributed by atoms with E-state index < -0.39 is 0 Å². The van der Waals surface area contributed by atoms with Crippen LogP contribution in [0.1, 0.15) is 45.6 Å². The molecule has 28 heavy (non-hydrogen) atoms. The van der Waals surface area contributed by atoms with Crippen LogP contribution in [0.25, 0.3) is 0 Å². The van der Waals surface area contributed by atoms with Gasteiger partial charge < -0.3 is 20.9 Å². The predicted molar refractivity (Wildman–Crippen MR) is 129 cm³/mol. The molecule has 1 amide bonds. The van der Waals surface area contributed by atoms with Gasteiger partial charge in [-0.15, -0.1) is 24.0 Å². The Morgan fingerprint density at radius 2 is 2.00 bits per heavy atom. The van der Waals surface area contributed by atoms with E-state index in [1.165, 1.54) is 0 Å². The van der Waals surface area contributed by atoms with Crippen molar-refractivity contribution in [3.8, 4) is 0 Å². The first-order valence-corrected chi connectivity index (χ1v) is 9.90. The molecule has 1 atom stereocenters. The van der Waals surface area contributed by atoms with E-state index in [1.54, 1.807) is 19.3 Å². The molecule has 0 aliphatic rings. The number of carbonyl (C=O) groups excluding carboxylic acids is 1. The summed E-state index contributed by atoms with van der Waals surface area (Å²) in [6.07, 6.45) is 4.32. The molecule has 1 rings (SSSR count). The molecule has 0 aromatic carbocycles. The van der Waals surface area contributed by atoms with Gasteiger partial charge in [0.2, 0.25) is 5.91 Å². The van der Waals surface area contributed by atoms with Crippen molar-refractivity contribution in [1.82, 2.24) is 20.5 Å². The highest BCUT2D eigenvalue weighted by Crippen LogP contribution is 2.04. The molecule has 1 unspecified atom stereocenters. The Morgan fingerprint density at radius 1 is 1.29 bits per heavy atom. The van der Waals surface area contributed by atoms with Gasteiger partial charge in [-0.25, -0.2) is 4.98 Å². The summed E-state index contributed by atoms with van der Waals surface area (Å²) in [6.45, 7) is 12.4. The van der Waals surface area contributed by atoms with E-state index in [1.807, 2.05) is 13.0 Å². The fourth-order valence-electron chi connectivity index (χ4n) is 2.70. The zero-order valence-electron chi connectivity index (χ0n) is 17.9. The quantitative estimate of drug-likeness (QED) is 0.245. The van der Waals surface area contributed by atoms with Crippen LogP contribution in [-0.4, -0.2) is 61.0 Å². The first-order chi connectivity index (χ1) is 13.0. The largest absolute Gasteiger partial charge is 0.356 e. The first-order valence-electron chi connectivity index (χ1n) is 9.90. The third kappa shape index (κ3) is 11.4. The minimum atomic E-state index is -0.0680. The predicted octanol–water partition coefficient (Wildman–Crippen LogP) is 3.01. The number of hydrogen-bond donors (Lipinski definition) is 3. The monoisotopic (exact) mass is 504 g/mol. The molecule has 0 fully saturated rings. The number of guanidine groups is 1. The molecule has 1 heterocycles. The molecule has 3 N–H and O–H groups in total. The second-order valence-electron chi connectivity index (χ2n) is 6.73. The maximum Gasteiger partial charge on any atom is 0.227 e. The first kappa shape index (κ1) is 26.6. The van der Waals surface area contributed by atoms with Crippen LogP contribution in [-0.2, 0) is 4.79 Å². The van der Waals surface area contributed by atoms with Crippen molar-refractivity contribution >= 4 is 41.7 Å². The van der Waals surface area contributed by atoms with Gasteiger partial charge in [-0.3, -0.25) is 9.79 Å². The van der Waals surface area contributed by atoms with Crippen molar-refractivity contribution in [2.45, 2.75) is 53.0 Å². The number of anilines is 1. The Morgan fingerprint density at radius 3 is 2.57 bits per heavy atom. The van der Waals surface area contributed by atoms with Crippen LogP contribution in [0, 0.1) is 6.92 Å². The van der Waals surface area contributed by atoms with Gasteiger partial charge in [-0.2, -0.15) is 0 Å². The molecule has 0 aliphatic heterocycles. The second-order valence-corrected chi connectivity index (χ2v) is 6.73. The average Bonchev–Trinajstić information content (AvgIpc) is 2.66. The van der Waals surface area contributed by atoms with Crippen molar-refractivity contribution in [3.63, 3.8) is 0 Å². The highest BCUT2D eigenvalue weighted by atomic mass is 127. The maximum atomic E-state index is 12.0. The molecular weight excluding hydrogens is 467 g/mol. The summed E-state index contributed by atoms with van der Waals surface area (Å²) in [4.78, 5) is 22.8. The molecule has 0 saturated heterocycles. The van der Waals surface area contributed by atoms with Crippen LogP contribution in [0.5, 0.6) is 0 Å². The number of hydrogen-bond acceptors (Lipinski definition) is 4. The highest BCUT2D eigenvalue weighted by Gasteiger charge is 2.08. The number of amides is 1. The Balaban J connectivity index is 0.00000729. The number of aromatic nitrogens is 1. The molecule has 1 aromatic rings. The van der Waals surface area contributed by atoms with Crippen LogP contribution in [0.3, 0.4) is 0 Å². The summed E-state index contributed by atoms with van der Waals surface area (Å²) in [5, 5.41) is 9.37. The van der Waals surface area contributed by atoms with E-state index in [4.69, 9.17) is 0 Å². The lowest BCUT2D eigenvalue weighted by atomic mass is 10.2. The summed E-state index contributed by atoms with van der Waals surface area (Å²) in [7, 11) is 1.74. The molecule has 0 bridgehead atoms. The number of nitrogens with one attached hydrogen (secondary N) is 3. The minimum Gasteiger partial charge on any atom is -0.356 e. The maximum absolute atomic E-state index is 12.0. The number of carbonyl (C=O) groups is 1. The van der Waals surface area contributed by atoms with E-state index in [0.717, 1.165) is 44.0 Å². The summed E-state index contributed by atoms with van der Waals surface area (Å²) in [5.41, 5.74) is 1.07. The standard InChI is InChI=1S/C20H36N6O.HI/c1-6-26(7-2)14-8-9-17(4)24-20(21-5)22-13-12-19(27)25-18-11-10-16(3)15-23-18;/h10-11,15,17H,6-9,12-14H2,1-5H3,(H2,21,22,24)(H,23,25,27);1H. The van der Waals surface area contributed by atoms with E-state index in [9.17, 15) is 4.79 Å². The number of nitrogens with zero attached hydrogens (tertiary/aromatic N) is 3. The topological polar surface area (TPSA) is 81.6 Å². The molecule has 0 saturated carbocycles. The molecule has 7 nitrogen and oxygen atoms in total. The van der Waals surface area contributed by atoms with E-state index in [2.05, 4.69) is 51.6 Å². The Hall–Kier alpha value is -1.42. The fraction of sp³-hybridized carbons (Fsp3) is 0.650. The molecule has 0 aliphatic carbocycles. The number of rotatable bonds is 11. The fourth-order valence-corrected chi connectivity index (χ4v) is 2.70. The molecular formula is C20H37IN6O. The summed E-state index contributed by atoms with van der Waals surface area (Å²) in [6, 6.07) is 4.06. The van der Waals surface area contributed by atoms with Gasteiger partial charge in [0.25, 0.3) is 0 Å². The van der Waals surface area contributed by atoms with Gasteiger partial charge in [0, 0.05) is 32.3 Å². The number of aryl methyl sites for hydroxylation is 1. The summed E-state index contributed by atoms with van der Waals surface area (Å²) in [5.74, 6) is 1.24. The van der Waals surface area contributed by atoms with Gasteiger partial charge in [-0.05, 0) is 58.0 Å². The number of aliphatic imine (C=N–C) groups is 1. The van der Waals surface area contributed by atoms with Crippen LogP contribution < -0.4 is 16.0 Å². The van der Waals surface area contributed by atoms with E-state index >= 15 is 0 Å². The lowest BCUT2D eigenvalue weighted by Gasteiger charge is -2.21. The Labute approximate surface area is 187 Å². The van der Waals surface area contributed by atoms with Crippen molar-refractivity contribution < 1.29 is 4.79 Å². The molecule has 160 valence electrons. The number of pyridine rings is 1. The van der Waals surface area contributed by atoms with Gasteiger partial charge in [0.1, 0.15) is 5.82 Å². The van der Waals surface area contributed by atoms with Crippen molar-refractivity contribution in [2.75, 3.05) is 38.5 Å². The zero-order chi connectivity index (χ0) is 20.1. The van der Waals surface area contributed by atoms with Gasteiger partial charge in [-0.1, -0.05) is 19.9 Å². The second kappa shape index (κ2) is 15.5. The zero-order valence-corrected chi connectivity index (χ0v) is 20.2. The normalized spacial score (nSPS) is 12.3. The number of halogens is 1. The third-order valence-corrected chi connectivity index (χ3v) is 4.44. The SMILES string of the molecule is CCN(CC)CCCC(C)NC(=NC)NCCC(=O)Nc1ccc(C)cn1.I. The molecule has 0 radical (unpaired) electrons. The summed E-state index contributed by atoms with van der Waals surface area (Å²) >= 11 is 0. The van der Waals surface area contributed by atoms with Gasteiger partial charge in [0.05, 0.1) is 0 Å². The van der Waals surface area contributed by atoms with Crippen LogP contribution >= 0.6 is 24.0 Å². The van der Waals surface area contributed by atoms with Gasteiger partial charge >= 0.3 is 0 Å². The third-order valence-electron chi connectivity index (χ3n) is 4.44. The van der Waals surface area contributed by atoms with Crippen molar-refractivity contribution in [1.29, 1.82) is 0 Å². The Bertz CT molecular complexity index is 575. The van der Waals surface area contributed by atoms with Crippen molar-refractivity contribution in [3.05, 3.63) is 23.9 Å².